The molecular formula is C10H4F3IN2O3S. The molecule has 0 amide bonds. The lowest BCUT2D eigenvalue weighted by Gasteiger charge is -2.04. The number of thiazole rings is 1. The van der Waals surface area contributed by atoms with E-state index < -0.39 is 16.8 Å². The molecule has 0 bridgehead atoms. The Balaban J connectivity index is 2.28. The number of ether oxygens (including phenoxy) is 1. The first-order valence-corrected chi connectivity index (χ1v) is 6.88. The lowest BCUT2D eigenvalue weighted by atomic mass is 10.3. The highest BCUT2D eigenvalue weighted by molar-refractivity contribution is 14.1. The maximum atomic E-state index is 12.4. The Hall–Kier alpha value is -1.43. The van der Waals surface area contributed by atoms with Gasteiger partial charge in [-0.1, -0.05) is 11.3 Å². The van der Waals surface area contributed by atoms with Crippen molar-refractivity contribution < 1.29 is 22.8 Å². The molecule has 2 aromatic rings. The number of hydrogen-bond acceptors (Lipinski definition) is 5. The molecule has 0 fully saturated rings. The standard InChI is InChI=1S/C10H4F3IN2O3S/c11-10(12,13)8-4-20-9(15-8)19-7-3-5(16(17)18)1-2-6(7)14/h1-4H. The third-order valence-electron chi connectivity index (χ3n) is 2.10. The van der Waals surface area contributed by atoms with Gasteiger partial charge < -0.3 is 4.74 Å². The number of rotatable bonds is 3. The van der Waals surface area contributed by atoms with Gasteiger partial charge in [0.2, 0.25) is 0 Å². The summed E-state index contributed by atoms with van der Waals surface area (Å²) in [6.45, 7) is 0. The van der Waals surface area contributed by atoms with Crippen molar-refractivity contribution in [2.24, 2.45) is 0 Å². The first-order chi connectivity index (χ1) is 9.27. The second-order valence-electron chi connectivity index (χ2n) is 3.47. The van der Waals surface area contributed by atoms with Crippen molar-refractivity contribution in [2.75, 3.05) is 0 Å². The zero-order valence-electron chi connectivity index (χ0n) is 9.35. The highest BCUT2D eigenvalue weighted by Crippen LogP contribution is 2.36. The smallest absolute Gasteiger partial charge is 0.429 e. The van der Waals surface area contributed by atoms with Crippen LogP contribution in [0.3, 0.4) is 0 Å². The SMILES string of the molecule is O=[N+]([O-])c1ccc(I)c(Oc2nc(C(F)(F)F)cs2)c1. The van der Waals surface area contributed by atoms with Crippen molar-refractivity contribution in [2.45, 2.75) is 6.18 Å². The third-order valence-corrected chi connectivity index (χ3v) is 3.70. The molecule has 1 heterocycles. The van der Waals surface area contributed by atoms with Gasteiger partial charge in [0.15, 0.2) is 11.4 Å². The van der Waals surface area contributed by atoms with E-state index >= 15 is 0 Å². The Morgan fingerprint density at radius 3 is 2.65 bits per heavy atom. The fourth-order valence-corrected chi connectivity index (χ4v) is 2.35. The van der Waals surface area contributed by atoms with Crippen LogP contribution in [0.5, 0.6) is 10.9 Å². The number of halogens is 4. The van der Waals surface area contributed by atoms with Crippen LogP contribution >= 0.6 is 33.9 Å². The second kappa shape index (κ2) is 5.52. The number of nitrogens with zero attached hydrogens (tertiary/aromatic N) is 2. The monoisotopic (exact) mass is 416 g/mol. The van der Waals surface area contributed by atoms with E-state index in [1.165, 1.54) is 12.1 Å². The Labute approximate surface area is 127 Å². The molecule has 0 saturated carbocycles. The second-order valence-corrected chi connectivity index (χ2v) is 5.45. The van der Waals surface area contributed by atoms with Crippen LogP contribution in [-0.2, 0) is 6.18 Å². The molecule has 0 aliphatic carbocycles. The number of alkyl halides is 3. The van der Waals surface area contributed by atoms with E-state index in [2.05, 4.69) is 4.98 Å². The van der Waals surface area contributed by atoms with Gasteiger partial charge in [0, 0.05) is 11.4 Å². The van der Waals surface area contributed by atoms with Gasteiger partial charge >= 0.3 is 6.18 Å². The summed E-state index contributed by atoms with van der Waals surface area (Å²) in [5, 5.41) is 11.2. The van der Waals surface area contributed by atoms with Gasteiger partial charge in [0.25, 0.3) is 10.9 Å². The molecule has 0 aliphatic heterocycles. The fraction of sp³-hybridized carbons (Fsp3) is 0.100. The highest BCUT2D eigenvalue weighted by atomic mass is 127. The normalized spacial score (nSPS) is 11.4. The highest BCUT2D eigenvalue weighted by Gasteiger charge is 2.34. The van der Waals surface area contributed by atoms with Gasteiger partial charge in [-0.2, -0.15) is 18.2 Å². The van der Waals surface area contributed by atoms with Gasteiger partial charge in [-0.05, 0) is 28.7 Å². The van der Waals surface area contributed by atoms with E-state index in [1.54, 1.807) is 0 Å². The molecule has 0 N–H and O–H groups in total. The largest absolute Gasteiger partial charge is 0.434 e. The molecule has 10 heteroatoms. The predicted octanol–water partition coefficient (Wildman–Crippen LogP) is 4.47. The van der Waals surface area contributed by atoms with Crippen LogP contribution in [0.25, 0.3) is 0 Å². The number of hydrogen-bond donors (Lipinski definition) is 0. The average Bonchev–Trinajstić information content (AvgIpc) is 2.80. The van der Waals surface area contributed by atoms with Crippen molar-refractivity contribution in [3.8, 4) is 10.9 Å². The minimum atomic E-state index is -4.55. The van der Waals surface area contributed by atoms with E-state index in [4.69, 9.17) is 4.74 Å². The summed E-state index contributed by atoms with van der Waals surface area (Å²) >= 11 is 2.52. The topological polar surface area (TPSA) is 65.3 Å². The van der Waals surface area contributed by atoms with Crippen molar-refractivity contribution in [1.82, 2.24) is 4.98 Å². The summed E-state index contributed by atoms with van der Waals surface area (Å²) in [6.07, 6.45) is -4.55. The molecule has 106 valence electrons. The van der Waals surface area contributed by atoms with E-state index in [0.717, 1.165) is 11.4 Å². The first-order valence-electron chi connectivity index (χ1n) is 4.92. The number of nitro groups is 1. The quantitative estimate of drug-likeness (QED) is 0.421. The molecule has 0 radical (unpaired) electrons. The van der Waals surface area contributed by atoms with E-state index in [9.17, 15) is 23.3 Å². The molecule has 5 nitrogen and oxygen atoms in total. The third kappa shape index (κ3) is 3.36. The van der Waals surface area contributed by atoms with Crippen LogP contribution < -0.4 is 4.74 Å². The number of aromatic nitrogens is 1. The van der Waals surface area contributed by atoms with Crippen LogP contribution in [-0.4, -0.2) is 9.91 Å². The van der Waals surface area contributed by atoms with Crippen LogP contribution in [0.4, 0.5) is 18.9 Å². The van der Waals surface area contributed by atoms with Gasteiger partial charge in [-0.3, -0.25) is 10.1 Å². The lowest BCUT2D eigenvalue weighted by Crippen LogP contribution is -2.04. The summed E-state index contributed by atoms with van der Waals surface area (Å²) < 4.78 is 42.9. The van der Waals surface area contributed by atoms with Crippen molar-refractivity contribution in [3.05, 3.63) is 43.0 Å². The van der Waals surface area contributed by atoms with E-state index in [0.29, 0.717) is 14.9 Å². The molecule has 0 aliphatic rings. The van der Waals surface area contributed by atoms with Gasteiger partial charge in [-0.25, -0.2) is 0 Å². The van der Waals surface area contributed by atoms with Crippen LogP contribution in [0.15, 0.2) is 23.6 Å². The maximum absolute atomic E-state index is 12.4. The summed E-state index contributed by atoms with van der Waals surface area (Å²) in [5.74, 6) is 0.0860. The minimum Gasteiger partial charge on any atom is -0.429 e. The molecule has 1 aromatic heterocycles. The molecule has 0 atom stereocenters. The van der Waals surface area contributed by atoms with Crippen molar-refractivity contribution >= 4 is 39.6 Å². The predicted molar refractivity (Wildman–Crippen MR) is 73.0 cm³/mol. The first kappa shape index (κ1) is 15.0. The number of nitro benzene ring substituents is 1. The average molecular weight is 416 g/mol. The van der Waals surface area contributed by atoms with Crippen molar-refractivity contribution in [1.29, 1.82) is 0 Å². The Morgan fingerprint density at radius 2 is 2.10 bits per heavy atom. The lowest BCUT2D eigenvalue weighted by molar-refractivity contribution is -0.384. The van der Waals surface area contributed by atoms with E-state index in [-0.39, 0.29) is 16.6 Å². The van der Waals surface area contributed by atoms with Gasteiger partial charge in [0.05, 0.1) is 14.6 Å². The molecule has 0 spiro atoms. The molecule has 2 rings (SSSR count). The molecule has 0 saturated heterocycles. The van der Waals surface area contributed by atoms with Gasteiger partial charge in [-0.15, -0.1) is 0 Å². The summed E-state index contributed by atoms with van der Waals surface area (Å²) in [7, 11) is 0. The van der Waals surface area contributed by atoms with Crippen LogP contribution in [0.2, 0.25) is 0 Å². The Kier molecular flexibility index (Phi) is 4.13. The summed E-state index contributed by atoms with van der Waals surface area (Å²) in [6, 6.07) is 3.85. The summed E-state index contributed by atoms with van der Waals surface area (Å²) in [4.78, 5) is 13.3. The zero-order chi connectivity index (χ0) is 14.9. The molecular weight excluding hydrogens is 412 g/mol. The zero-order valence-corrected chi connectivity index (χ0v) is 12.3. The minimum absolute atomic E-state index is 0.0860. The van der Waals surface area contributed by atoms with Crippen LogP contribution in [0.1, 0.15) is 5.69 Å². The Bertz CT molecular complexity index is 659. The number of benzene rings is 1. The Morgan fingerprint density at radius 1 is 1.40 bits per heavy atom. The van der Waals surface area contributed by atoms with Crippen LogP contribution in [0, 0.1) is 13.7 Å². The molecule has 0 unspecified atom stereocenters. The van der Waals surface area contributed by atoms with Gasteiger partial charge in [0.1, 0.15) is 0 Å². The number of non-ortho nitro benzene ring substituents is 1. The summed E-state index contributed by atoms with van der Waals surface area (Å²) in [5.41, 5.74) is -1.27. The van der Waals surface area contributed by atoms with E-state index in [1.807, 2.05) is 22.6 Å². The maximum Gasteiger partial charge on any atom is 0.434 e. The van der Waals surface area contributed by atoms with Crippen molar-refractivity contribution in [3.63, 3.8) is 0 Å². The fourth-order valence-electron chi connectivity index (χ4n) is 1.21. The molecule has 20 heavy (non-hydrogen) atoms. The molecule has 1 aromatic carbocycles.